The van der Waals surface area contributed by atoms with Gasteiger partial charge in [-0.2, -0.15) is 0 Å². The Kier molecular flexibility index (Phi) is 9.38. The van der Waals surface area contributed by atoms with Crippen molar-refractivity contribution in [1.29, 1.82) is 0 Å². The third-order valence-electron chi connectivity index (χ3n) is 6.11. The Bertz CT molecular complexity index is 709. The molecule has 1 aromatic rings. The van der Waals surface area contributed by atoms with Crippen molar-refractivity contribution >= 4 is 21.8 Å². The molecule has 1 amide bonds. The molecule has 1 aromatic carbocycles. The molecule has 168 valence electrons. The van der Waals surface area contributed by atoms with E-state index >= 15 is 0 Å². The average Bonchev–Trinajstić information content (AvgIpc) is 2.71. The van der Waals surface area contributed by atoms with Gasteiger partial charge in [0.05, 0.1) is 5.33 Å². The summed E-state index contributed by atoms with van der Waals surface area (Å²) in [5.41, 5.74) is 0.744. The van der Waals surface area contributed by atoms with E-state index in [9.17, 15) is 9.90 Å². The zero-order chi connectivity index (χ0) is 22.2. The van der Waals surface area contributed by atoms with E-state index in [-0.39, 0.29) is 23.6 Å². The fourth-order valence-corrected chi connectivity index (χ4v) is 4.48. The van der Waals surface area contributed by atoms with Gasteiger partial charge >= 0.3 is 0 Å². The maximum Gasteiger partial charge on any atom is 0.231 e. The number of aliphatic hydroxyl groups is 1. The molecule has 2 rings (SSSR count). The van der Waals surface area contributed by atoms with Crippen LogP contribution in [0.5, 0.6) is 5.75 Å². The van der Waals surface area contributed by atoms with Gasteiger partial charge in [0.1, 0.15) is 18.5 Å². The summed E-state index contributed by atoms with van der Waals surface area (Å²) in [6.07, 6.45) is 6.20. The van der Waals surface area contributed by atoms with Crippen LogP contribution < -0.4 is 15.4 Å². The first-order valence-electron chi connectivity index (χ1n) is 10.8. The average molecular weight is 481 g/mol. The van der Waals surface area contributed by atoms with Crippen LogP contribution in [-0.4, -0.2) is 46.7 Å². The van der Waals surface area contributed by atoms with Crippen LogP contribution in [0, 0.1) is 5.92 Å². The van der Waals surface area contributed by atoms with Crippen LogP contribution >= 0.6 is 15.9 Å². The van der Waals surface area contributed by atoms with Gasteiger partial charge in [-0.25, -0.2) is 0 Å². The lowest BCUT2D eigenvalue weighted by molar-refractivity contribution is -0.120. The summed E-state index contributed by atoms with van der Waals surface area (Å²) in [6, 6.07) is 7.86. The molecule has 1 fully saturated rings. The second kappa shape index (κ2) is 11.3. The highest BCUT2D eigenvalue weighted by molar-refractivity contribution is 9.09. The van der Waals surface area contributed by atoms with Crippen LogP contribution in [0.15, 0.2) is 36.9 Å². The molecule has 3 N–H and O–H groups in total. The minimum Gasteiger partial charge on any atom is -0.491 e. The van der Waals surface area contributed by atoms with Crippen molar-refractivity contribution in [1.82, 2.24) is 10.6 Å². The standard InChI is InChI=1S/C24H37BrN2O3/c1-5-9-18-10-6-7-12-21(18)30-17-20(28)16-26-24(4)13-8-11-19(14-24)23(2,3)27-22(29)15-25/h5-7,10,12,19-20,26,28H,1,8-9,11,13-17H2,2-4H3,(H,27,29)/t19-,20?,24+/m0/s1. The van der Waals surface area contributed by atoms with Gasteiger partial charge in [-0.05, 0) is 64.0 Å². The second-order valence-electron chi connectivity index (χ2n) is 9.20. The number of carbonyl (C=O) groups is 1. The third-order valence-corrected chi connectivity index (χ3v) is 6.62. The molecule has 0 aromatic heterocycles. The largest absolute Gasteiger partial charge is 0.491 e. The molecule has 6 heteroatoms. The number of benzene rings is 1. The molecule has 0 bridgehead atoms. The highest BCUT2D eigenvalue weighted by Gasteiger charge is 2.39. The molecule has 30 heavy (non-hydrogen) atoms. The van der Waals surface area contributed by atoms with Gasteiger partial charge in [0.25, 0.3) is 0 Å². The monoisotopic (exact) mass is 480 g/mol. The molecular formula is C24H37BrN2O3. The number of allylic oxidation sites excluding steroid dienone is 1. The minimum absolute atomic E-state index is 0.0181. The van der Waals surface area contributed by atoms with Gasteiger partial charge in [0, 0.05) is 17.6 Å². The number of ether oxygens (including phenoxy) is 1. The summed E-state index contributed by atoms with van der Waals surface area (Å²) < 4.78 is 5.87. The molecule has 5 nitrogen and oxygen atoms in total. The van der Waals surface area contributed by atoms with Crippen molar-refractivity contribution in [3.8, 4) is 5.75 Å². The maximum absolute atomic E-state index is 11.9. The molecule has 0 saturated heterocycles. The van der Waals surface area contributed by atoms with E-state index < -0.39 is 6.10 Å². The topological polar surface area (TPSA) is 70.6 Å². The van der Waals surface area contributed by atoms with E-state index in [1.54, 1.807) is 0 Å². The fraction of sp³-hybridized carbons (Fsp3) is 0.625. The zero-order valence-electron chi connectivity index (χ0n) is 18.5. The molecule has 0 radical (unpaired) electrons. The summed E-state index contributed by atoms with van der Waals surface area (Å²) in [4.78, 5) is 11.9. The van der Waals surface area contributed by atoms with E-state index in [2.05, 4.69) is 53.9 Å². The van der Waals surface area contributed by atoms with Crippen molar-refractivity contribution in [3.63, 3.8) is 0 Å². The van der Waals surface area contributed by atoms with Gasteiger partial charge < -0.3 is 20.5 Å². The Morgan fingerprint density at radius 3 is 2.90 bits per heavy atom. The van der Waals surface area contributed by atoms with Crippen molar-refractivity contribution in [2.75, 3.05) is 18.5 Å². The molecule has 1 unspecified atom stereocenters. The number of para-hydroxylation sites is 1. The Hall–Kier alpha value is -1.37. The molecule has 3 atom stereocenters. The smallest absolute Gasteiger partial charge is 0.231 e. The number of aliphatic hydroxyl groups excluding tert-OH is 1. The third kappa shape index (κ3) is 7.40. The minimum atomic E-state index is -0.597. The summed E-state index contributed by atoms with van der Waals surface area (Å²) in [5, 5.41) is 17.5. The van der Waals surface area contributed by atoms with Gasteiger partial charge in [0.15, 0.2) is 0 Å². The highest BCUT2D eigenvalue weighted by Crippen LogP contribution is 2.38. The SMILES string of the molecule is C=CCc1ccccc1OCC(O)CN[C@]1(C)CCC[C@H](C(C)(C)NC(=O)CBr)C1. The molecule has 1 saturated carbocycles. The van der Waals surface area contributed by atoms with E-state index in [1.165, 1.54) is 0 Å². The van der Waals surface area contributed by atoms with E-state index in [0.717, 1.165) is 43.4 Å². The highest BCUT2D eigenvalue weighted by atomic mass is 79.9. The molecule has 1 aliphatic carbocycles. The first-order valence-corrected chi connectivity index (χ1v) is 11.9. The lowest BCUT2D eigenvalue weighted by Crippen LogP contribution is -2.56. The van der Waals surface area contributed by atoms with Crippen molar-refractivity contribution in [2.24, 2.45) is 5.92 Å². The number of β-amino-alcohol motifs (C(OH)–C–C–N with tert-alkyl or cyclic N) is 1. The second-order valence-corrected chi connectivity index (χ2v) is 9.76. The van der Waals surface area contributed by atoms with Gasteiger partial charge in [-0.3, -0.25) is 4.79 Å². The van der Waals surface area contributed by atoms with E-state index in [4.69, 9.17) is 4.74 Å². The Labute approximate surface area is 189 Å². The number of alkyl halides is 1. The van der Waals surface area contributed by atoms with Crippen molar-refractivity contribution in [2.45, 2.75) is 70.1 Å². The molecular weight excluding hydrogens is 444 g/mol. The molecule has 0 spiro atoms. The van der Waals surface area contributed by atoms with Crippen LogP contribution in [0.2, 0.25) is 0 Å². The van der Waals surface area contributed by atoms with E-state index in [0.29, 0.717) is 17.8 Å². The van der Waals surface area contributed by atoms with Crippen LogP contribution in [0.25, 0.3) is 0 Å². The lowest BCUT2D eigenvalue weighted by Gasteiger charge is -2.46. The fourth-order valence-electron chi connectivity index (χ4n) is 4.34. The lowest BCUT2D eigenvalue weighted by atomic mass is 9.69. The van der Waals surface area contributed by atoms with Crippen LogP contribution in [-0.2, 0) is 11.2 Å². The predicted octanol–water partition coefficient (Wildman–Crippen LogP) is 3.98. The van der Waals surface area contributed by atoms with Gasteiger partial charge in [0.2, 0.25) is 5.91 Å². The number of rotatable bonds is 11. The number of hydrogen-bond donors (Lipinski definition) is 3. The predicted molar refractivity (Wildman–Crippen MR) is 126 cm³/mol. The first kappa shape index (κ1) is 24.9. The van der Waals surface area contributed by atoms with Crippen molar-refractivity contribution < 1.29 is 14.6 Å². The van der Waals surface area contributed by atoms with Crippen LogP contribution in [0.1, 0.15) is 52.0 Å². The summed E-state index contributed by atoms with van der Waals surface area (Å²) >= 11 is 3.23. The number of hydrogen-bond acceptors (Lipinski definition) is 4. The molecule has 0 aliphatic heterocycles. The number of amides is 1. The Morgan fingerprint density at radius 1 is 1.47 bits per heavy atom. The molecule has 0 heterocycles. The number of carbonyl (C=O) groups excluding carboxylic acids is 1. The maximum atomic E-state index is 11.9. The first-order chi connectivity index (χ1) is 14.2. The zero-order valence-corrected chi connectivity index (χ0v) is 20.1. The normalized spacial score (nSPS) is 22.9. The van der Waals surface area contributed by atoms with Crippen LogP contribution in [0.4, 0.5) is 0 Å². The summed E-state index contributed by atoms with van der Waals surface area (Å²) in [6.45, 7) is 10.9. The Balaban J connectivity index is 1.86. The van der Waals surface area contributed by atoms with Crippen molar-refractivity contribution in [3.05, 3.63) is 42.5 Å². The van der Waals surface area contributed by atoms with Gasteiger partial charge in [-0.1, -0.05) is 46.6 Å². The summed E-state index contributed by atoms with van der Waals surface area (Å²) in [5.74, 6) is 1.19. The quantitative estimate of drug-likeness (QED) is 0.330. The van der Waals surface area contributed by atoms with Gasteiger partial charge in [-0.15, -0.1) is 6.58 Å². The number of halogens is 1. The number of nitrogens with one attached hydrogen (secondary N) is 2. The van der Waals surface area contributed by atoms with E-state index in [1.807, 2.05) is 30.3 Å². The Morgan fingerprint density at radius 2 is 2.20 bits per heavy atom. The molecule has 1 aliphatic rings. The van der Waals surface area contributed by atoms with Crippen LogP contribution in [0.3, 0.4) is 0 Å². The summed E-state index contributed by atoms with van der Waals surface area (Å²) in [7, 11) is 0.